The van der Waals surface area contributed by atoms with E-state index >= 15 is 0 Å². The molecule has 2 rings (SSSR count). The average molecular weight is 357 g/mol. The van der Waals surface area contributed by atoms with Gasteiger partial charge in [0.05, 0.1) is 12.5 Å². The van der Waals surface area contributed by atoms with Crippen LogP contribution in [0.4, 0.5) is 23.7 Å². The number of urea groups is 1. The second-order valence-electron chi connectivity index (χ2n) is 6.42. The van der Waals surface area contributed by atoms with Crippen LogP contribution >= 0.6 is 0 Å². The molecule has 25 heavy (non-hydrogen) atoms. The predicted octanol–water partition coefficient (Wildman–Crippen LogP) is 3.23. The number of carbonyl (C=O) groups is 2. The van der Waals surface area contributed by atoms with Gasteiger partial charge >= 0.3 is 12.2 Å². The normalized spacial score (nSPS) is 18.7. The predicted molar refractivity (Wildman–Crippen MR) is 88.3 cm³/mol. The molecule has 8 heteroatoms. The number of benzene rings is 1. The Morgan fingerprint density at radius 3 is 2.60 bits per heavy atom. The minimum atomic E-state index is -4.25. The maximum Gasteiger partial charge on any atom is 0.393 e. The third-order valence-corrected chi connectivity index (χ3v) is 4.35. The molecule has 1 aliphatic rings. The van der Waals surface area contributed by atoms with Gasteiger partial charge < -0.3 is 5.32 Å². The van der Waals surface area contributed by atoms with E-state index in [0.29, 0.717) is 18.7 Å². The third-order valence-electron chi connectivity index (χ3n) is 4.35. The lowest BCUT2D eigenvalue weighted by Crippen LogP contribution is -2.47. The standard InChI is InChI=1S/C17H22F3N3O2/c1-11-5-6-14(8-12(11)2)21-16(25)22-15(24)10-23-7-3-4-13(9-23)17(18,19)20/h5-6,8,13H,3-4,7,9-10H2,1-2H3,(H2,21,22,24,25). The summed E-state index contributed by atoms with van der Waals surface area (Å²) in [5, 5.41) is 4.69. The van der Waals surface area contributed by atoms with Gasteiger partial charge in [-0.1, -0.05) is 6.07 Å². The van der Waals surface area contributed by atoms with Gasteiger partial charge in [-0.25, -0.2) is 4.79 Å². The topological polar surface area (TPSA) is 61.4 Å². The van der Waals surface area contributed by atoms with Crippen molar-refractivity contribution in [1.29, 1.82) is 0 Å². The maximum absolute atomic E-state index is 12.8. The van der Waals surface area contributed by atoms with Crippen LogP contribution in [0.1, 0.15) is 24.0 Å². The monoisotopic (exact) mass is 357 g/mol. The summed E-state index contributed by atoms with van der Waals surface area (Å²) in [5.74, 6) is -2.04. The van der Waals surface area contributed by atoms with Gasteiger partial charge in [0.15, 0.2) is 0 Å². The summed E-state index contributed by atoms with van der Waals surface area (Å²) in [7, 11) is 0. The van der Waals surface area contributed by atoms with Gasteiger partial charge in [0.1, 0.15) is 0 Å². The molecule has 0 saturated carbocycles. The van der Waals surface area contributed by atoms with E-state index in [9.17, 15) is 22.8 Å². The number of nitrogens with zero attached hydrogens (tertiary/aromatic N) is 1. The Bertz CT molecular complexity index is 647. The lowest BCUT2D eigenvalue weighted by atomic mass is 9.97. The van der Waals surface area contributed by atoms with Gasteiger partial charge in [-0.15, -0.1) is 0 Å². The molecule has 1 aromatic rings. The van der Waals surface area contributed by atoms with Crippen LogP contribution in [0.15, 0.2) is 18.2 Å². The molecule has 2 N–H and O–H groups in total. The van der Waals surface area contributed by atoms with Crippen LogP contribution in [0.2, 0.25) is 0 Å². The van der Waals surface area contributed by atoms with E-state index in [4.69, 9.17) is 0 Å². The van der Waals surface area contributed by atoms with Gasteiger partial charge in [0.2, 0.25) is 5.91 Å². The van der Waals surface area contributed by atoms with Gasteiger partial charge in [-0.3, -0.25) is 15.0 Å². The molecule has 0 bridgehead atoms. The van der Waals surface area contributed by atoms with Crippen molar-refractivity contribution < 1.29 is 22.8 Å². The first kappa shape index (κ1) is 19.2. The van der Waals surface area contributed by atoms with Crippen molar-refractivity contribution in [2.45, 2.75) is 32.9 Å². The Balaban J connectivity index is 1.83. The summed E-state index contributed by atoms with van der Waals surface area (Å²) in [6.07, 6.45) is -3.79. The van der Waals surface area contributed by atoms with E-state index in [-0.39, 0.29) is 19.5 Å². The van der Waals surface area contributed by atoms with Crippen LogP contribution in [0.5, 0.6) is 0 Å². The van der Waals surface area contributed by atoms with Gasteiger partial charge in [-0.05, 0) is 56.5 Å². The zero-order chi connectivity index (χ0) is 18.6. The van der Waals surface area contributed by atoms with E-state index in [1.165, 1.54) is 4.90 Å². The lowest BCUT2D eigenvalue weighted by Gasteiger charge is -2.33. The molecule has 1 atom stereocenters. The molecule has 0 aromatic heterocycles. The molecule has 0 radical (unpaired) electrons. The van der Waals surface area contributed by atoms with E-state index in [0.717, 1.165) is 11.1 Å². The van der Waals surface area contributed by atoms with Crippen molar-refractivity contribution in [3.05, 3.63) is 29.3 Å². The number of nitrogens with one attached hydrogen (secondary N) is 2. The Morgan fingerprint density at radius 2 is 1.96 bits per heavy atom. The van der Waals surface area contributed by atoms with E-state index in [1.54, 1.807) is 12.1 Å². The summed E-state index contributed by atoms with van der Waals surface area (Å²) in [6, 6.07) is 4.64. The molecule has 1 unspecified atom stereocenters. The molecule has 3 amide bonds. The van der Waals surface area contributed by atoms with Crippen molar-refractivity contribution in [2.75, 3.05) is 25.0 Å². The van der Waals surface area contributed by atoms with Crippen molar-refractivity contribution >= 4 is 17.6 Å². The van der Waals surface area contributed by atoms with Crippen molar-refractivity contribution in [3.63, 3.8) is 0 Å². The number of alkyl halides is 3. The third kappa shape index (κ3) is 5.74. The van der Waals surface area contributed by atoms with E-state index in [2.05, 4.69) is 10.6 Å². The number of hydrogen-bond acceptors (Lipinski definition) is 3. The fourth-order valence-electron chi connectivity index (χ4n) is 2.82. The van der Waals surface area contributed by atoms with E-state index < -0.39 is 24.0 Å². The highest BCUT2D eigenvalue weighted by molar-refractivity contribution is 6.01. The Morgan fingerprint density at radius 1 is 1.24 bits per heavy atom. The molecule has 0 aliphatic carbocycles. The SMILES string of the molecule is Cc1ccc(NC(=O)NC(=O)CN2CCCC(C(F)(F)F)C2)cc1C. The van der Waals surface area contributed by atoms with Gasteiger partial charge in [0.25, 0.3) is 0 Å². The molecule has 0 spiro atoms. The zero-order valence-corrected chi connectivity index (χ0v) is 14.2. The van der Waals surface area contributed by atoms with Crippen molar-refractivity contribution in [3.8, 4) is 0 Å². The summed E-state index contributed by atoms with van der Waals surface area (Å²) in [6.45, 7) is 3.81. The van der Waals surface area contributed by atoms with Gasteiger partial charge in [0, 0.05) is 12.2 Å². The van der Waals surface area contributed by atoms with Crippen LogP contribution in [0.3, 0.4) is 0 Å². The first-order valence-corrected chi connectivity index (χ1v) is 8.12. The first-order valence-electron chi connectivity index (χ1n) is 8.12. The number of aryl methyl sites for hydroxylation is 2. The molecule has 5 nitrogen and oxygen atoms in total. The minimum absolute atomic E-state index is 0.0783. The number of halogens is 3. The summed E-state index contributed by atoms with van der Waals surface area (Å²) in [4.78, 5) is 25.2. The molecule has 1 saturated heterocycles. The van der Waals surface area contributed by atoms with Crippen LogP contribution < -0.4 is 10.6 Å². The van der Waals surface area contributed by atoms with Crippen molar-refractivity contribution in [2.24, 2.45) is 5.92 Å². The zero-order valence-electron chi connectivity index (χ0n) is 14.2. The molecule has 138 valence electrons. The molecule has 1 heterocycles. The number of hydrogen-bond donors (Lipinski definition) is 2. The average Bonchev–Trinajstić information content (AvgIpc) is 2.50. The molecular weight excluding hydrogens is 335 g/mol. The highest BCUT2D eigenvalue weighted by Crippen LogP contribution is 2.32. The lowest BCUT2D eigenvalue weighted by molar-refractivity contribution is -0.187. The largest absolute Gasteiger partial charge is 0.393 e. The first-order chi connectivity index (χ1) is 11.6. The number of likely N-dealkylation sites (tertiary alicyclic amines) is 1. The van der Waals surface area contributed by atoms with Gasteiger partial charge in [-0.2, -0.15) is 13.2 Å². The number of piperidine rings is 1. The fourth-order valence-corrected chi connectivity index (χ4v) is 2.82. The van der Waals surface area contributed by atoms with E-state index in [1.807, 2.05) is 19.9 Å². The summed E-state index contributed by atoms with van der Waals surface area (Å²) in [5.41, 5.74) is 2.62. The molecule has 1 fully saturated rings. The maximum atomic E-state index is 12.8. The number of amides is 3. The quantitative estimate of drug-likeness (QED) is 0.873. The Hall–Kier alpha value is -2.09. The number of anilines is 1. The smallest absolute Gasteiger partial charge is 0.308 e. The molecule has 1 aromatic carbocycles. The number of rotatable bonds is 3. The molecular formula is C17H22F3N3O2. The van der Waals surface area contributed by atoms with Crippen molar-refractivity contribution in [1.82, 2.24) is 10.2 Å². The van der Waals surface area contributed by atoms with Crippen LogP contribution in [-0.4, -0.2) is 42.6 Å². The van der Waals surface area contributed by atoms with Crippen LogP contribution in [0.25, 0.3) is 0 Å². The highest BCUT2D eigenvalue weighted by Gasteiger charge is 2.41. The second-order valence-corrected chi connectivity index (χ2v) is 6.42. The summed E-state index contributed by atoms with van der Waals surface area (Å²) < 4.78 is 38.3. The van der Waals surface area contributed by atoms with Crippen LogP contribution in [-0.2, 0) is 4.79 Å². The Kier molecular flexibility index (Phi) is 6.05. The Labute approximate surface area is 144 Å². The molecule has 1 aliphatic heterocycles. The van der Waals surface area contributed by atoms with Crippen LogP contribution in [0, 0.1) is 19.8 Å². The second kappa shape index (κ2) is 7.86. The summed E-state index contributed by atoms with van der Waals surface area (Å²) >= 11 is 0. The fraction of sp³-hybridized carbons (Fsp3) is 0.529. The minimum Gasteiger partial charge on any atom is -0.308 e. The number of carbonyl (C=O) groups excluding carboxylic acids is 2. The number of imide groups is 1. The highest BCUT2D eigenvalue weighted by atomic mass is 19.4.